The average molecular weight is 529 g/mol. The molecule has 3 aromatic carbocycles. The summed E-state index contributed by atoms with van der Waals surface area (Å²) in [4.78, 5) is 25.8. The van der Waals surface area contributed by atoms with Crippen LogP contribution in [0, 0.1) is 20.8 Å². The van der Waals surface area contributed by atoms with Gasteiger partial charge in [0.2, 0.25) is 0 Å². The summed E-state index contributed by atoms with van der Waals surface area (Å²) in [6.45, 7) is 4.72. The third kappa shape index (κ3) is 5.94. The number of halogens is 2. The molecule has 38 heavy (non-hydrogen) atoms. The smallest absolute Gasteiger partial charge is 0.347 e. The molecule has 0 fully saturated rings. The molecule has 3 rings (SSSR count). The van der Waals surface area contributed by atoms with Crippen LogP contribution < -0.4 is 14.2 Å². The molecule has 0 radical (unpaired) electrons. The highest BCUT2D eigenvalue weighted by atomic mass is 19.3. The Balaban J connectivity index is 2.04. The number of alkyl halides is 2. The zero-order valence-corrected chi connectivity index (χ0v) is 22.1. The van der Waals surface area contributed by atoms with Crippen LogP contribution in [0.3, 0.4) is 0 Å². The van der Waals surface area contributed by atoms with Crippen LogP contribution in [-0.2, 0) is 22.7 Å². The minimum Gasteiger partial charge on any atom is -0.496 e. The standard InChI is InChI=1S/C29H30F2O7/c1-16-12-20(37-14-19-10-8-7-9-11-19)13-22(35-5)23(16)29(33)38-26-18(3)17(2)24(28(32)36-6)21(15-34-4)25(26)27(30)31/h7-13,27H,14-15H2,1-6H3. The van der Waals surface area contributed by atoms with Gasteiger partial charge in [0, 0.05) is 18.7 Å². The van der Waals surface area contributed by atoms with Crippen molar-refractivity contribution in [3.8, 4) is 17.2 Å². The number of carbonyl (C=O) groups excluding carboxylic acids is 2. The molecule has 7 nitrogen and oxygen atoms in total. The molecule has 9 heteroatoms. The number of hydrogen-bond donors (Lipinski definition) is 0. The molecule has 0 amide bonds. The summed E-state index contributed by atoms with van der Waals surface area (Å²) in [7, 11) is 3.85. The number of hydrogen-bond acceptors (Lipinski definition) is 7. The predicted molar refractivity (Wildman–Crippen MR) is 136 cm³/mol. The van der Waals surface area contributed by atoms with Gasteiger partial charge in [0.05, 0.1) is 32.0 Å². The third-order valence-corrected chi connectivity index (χ3v) is 6.19. The van der Waals surface area contributed by atoms with Gasteiger partial charge >= 0.3 is 11.9 Å². The van der Waals surface area contributed by atoms with Crippen LogP contribution in [0.2, 0.25) is 0 Å². The summed E-state index contributed by atoms with van der Waals surface area (Å²) < 4.78 is 55.6. The first-order valence-electron chi connectivity index (χ1n) is 11.7. The molecule has 0 spiro atoms. The van der Waals surface area contributed by atoms with Gasteiger partial charge in [-0.2, -0.15) is 0 Å². The Labute approximate surface area is 220 Å². The SMILES string of the molecule is COCc1c(C(=O)OC)c(C)c(C)c(OC(=O)c2c(C)cc(OCc3ccccc3)cc2OC)c1C(F)F. The fraction of sp³-hybridized carbons (Fsp3) is 0.310. The first-order valence-corrected chi connectivity index (χ1v) is 11.7. The average Bonchev–Trinajstić information content (AvgIpc) is 2.90. The normalized spacial score (nSPS) is 10.9. The second kappa shape index (κ2) is 12.5. The van der Waals surface area contributed by atoms with E-state index in [9.17, 15) is 18.4 Å². The lowest BCUT2D eigenvalue weighted by Gasteiger charge is -2.22. The van der Waals surface area contributed by atoms with Crippen LogP contribution in [0.1, 0.15) is 60.5 Å². The van der Waals surface area contributed by atoms with E-state index < -0.39 is 23.9 Å². The molecule has 0 bridgehead atoms. The van der Waals surface area contributed by atoms with Crippen LogP contribution in [0.4, 0.5) is 8.78 Å². The maximum atomic E-state index is 14.4. The van der Waals surface area contributed by atoms with Crippen LogP contribution in [0.25, 0.3) is 0 Å². The van der Waals surface area contributed by atoms with Crippen molar-refractivity contribution in [3.63, 3.8) is 0 Å². The van der Waals surface area contributed by atoms with Crippen molar-refractivity contribution in [2.75, 3.05) is 21.3 Å². The molecular weight excluding hydrogens is 498 g/mol. The van der Waals surface area contributed by atoms with E-state index in [4.69, 9.17) is 23.7 Å². The van der Waals surface area contributed by atoms with Gasteiger partial charge in [0.15, 0.2) is 0 Å². The Hall–Kier alpha value is -3.98. The molecule has 0 aliphatic rings. The maximum Gasteiger partial charge on any atom is 0.347 e. The van der Waals surface area contributed by atoms with Gasteiger partial charge in [-0.05, 0) is 49.1 Å². The molecule has 0 aliphatic carbocycles. The summed E-state index contributed by atoms with van der Waals surface area (Å²) in [5, 5.41) is 0. The third-order valence-electron chi connectivity index (χ3n) is 6.19. The number of ether oxygens (including phenoxy) is 5. The second-order valence-corrected chi connectivity index (χ2v) is 8.55. The fourth-order valence-corrected chi connectivity index (χ4v) is 4.21. The first-order chi connectivity index (χ1) is 18.1. The lowest BCUT2D eigenvalue weighted by molar-refractivity contribution is 0.0593. The highest BCUT2D eigenvalue weighted by Crippen LogP contribution is 2.41. The quantitative estimate of drug-likeness (QED) is 0.226. The Morgan fingerprint density at radius 2 is 1.55 bits per heavy atom. The first kappa shape index (κ1) is 28.6. The molecule has 3 aromatic rings. The van der Waals surface area contributed by atoms with Gasteiger partial charge in [0.1, 0.15) is 29.4 Å². The van der Waals surface area contributed by atoms with Gasteiger partial charge in [0.25, 0.3) is 6.43 Å². The number of carbonyl (C=O) groups is 2. The highest BCUT2D eigenvalue weighted by molar-refractivity contribution is 5.97. The van der Waals surface area contributed by atoms with Crippen molar-refractivity contribution >= 4 is 11.9 Å². The van der Waals surface area contributed by atoms with Gasteiger partial charge in [-0.15, -0.1) is 0 Å². The molecule has 0 saturated heterocycles. The largest absolute Gasteiger partial charge is 0.496 e. The lowest BCUT2D eigenvalue weighted by atomic mass is 9.91. The molecule has 0 unspecified atom stereocenters. The van der Waals surface area contributed by atoms with E-state index >= 15 is 0 Å². The van der Waals surface area contributed by atoms with E-state index in [2.05, 4.69) is 0 Å². The van der Waals surface area contributed by atoms with Crippen molar-refractivity contribution < 1.29 is 42.1 Å². The van der Waals surface area contributed by atoms with E-state index in [1.807, 2.05) is 30.3 Å². The molecule has 0 atom stereocenters. The van der Waals surface area contributed by atoms with Crippen molar-refractivity contribution in [2.45, 2.75) is 40.4 Å². The lowest BCUT2D eigenvalue weighted by Crippen LogP contribution is -2.19. The minimum absolute atomic E-state index is 0.0457. The van der Waals surface area contributed by atoms with E-state index in [1.165, 1.54) is 27.2 Å². The number of benzene rings is 3. The van der Waals surface area contributed by atoms with Crippen LogP contribution in [0.5, 0.6) is 17.2 Å². The molecule has 0 heterocycles. The van der Waals surface area contributed by atoms with Gasteiger partial charge in [-0.3, -0.25) is 0 Å². The number of rotatable bonds is 10. The zero-order valence-electron chi connectivity index (χ0n) is 22.1. The Bertz CT molecular complexity index is 1320. The van der Waals surface area contributed by atoms with E-state index in [0.717, 1.165) is 12.7 Å². The molecule has 0 aliphatic heterocycles. The summed E-state index contributed by atoms with van der Waals surface area (Å²) in [6.07, 6.45) is -3.07. The van der Waals surface area contributed by atoms with E-state index in [1.54, 1.807) is 19.9 Å². The zero-order chi connectivity index (χ0) is 28.0. The number of methoxy groups -OCH3 is 3. The Morgan fingerprint density at radius 1 is 0.868 bits per heavy atom. The second-order valence-electron chi connectivity index (χ2n) is 8.55. The molecule has 0 saturated carbocycles. The van der Waals surface area contributed by atoms with Crippen LogP contribution in [0.15, 0.2) is 42.5 Å². The summed E-state index contributed by atoms with van der Waals surface area (Å²) in [5.74, 6) is -1.40. The van der Waals surface area contributed by atoms with Gasteiger partial charge in [-0.1, -0.05) is 30.3 Å². The van der Waals surface area contributed by atoms with Crippen molar-refractivity contribution in [3.05, 3.63) is 87.0 Å². The summed E-state index contributed by atoms with van der Waals surface area (Å²) in [5.41, 5.74) is 1.27. The predicted octanol–water partition coefficient (Wildman–Crippen LogP) is 6.29. The number of aryl methyl sites for hydroxylation is 1. The Morgan fingerprint density at radius 3 is 2.13 bits per heavy atom. The minimum atomic E-state index is -3.07. The summed E-state index contributed by atoms with van der Waals surface area (Å²) >= 11 is 0. The van der Waals surface area contributed by atoms with Crippen molar-refractivity contribution in [1.82, 2.24) is 0 Å². The monoisotopic (exact) mass is 528 g/mol. The fourth-order valence-electron chi connectivity index (χ4n) is 4.21. The molecule has 0 N–H and O–H groups in total. The van der Waals surface area contributed by atoms with Gasteiger partial charge in [-0.25, -0.2) is 18.4 Å². The topological polar surface area (TPSA) is 80.3 Å². The van der Waals surface area contributed by atoms with Gasteiger partial charge < -0.3 is 23.7 Å². The van der Waals surface area contributed by atoms with E-state index in [-0.39, 0.29) is 40.4 Å². The van der Waals surface area contributed by atoms with Crippen molar-refractivity contribution in [1.29, 1.82) is 0 Å². The molecule has 0 aromatic heterocycles. The Kier molecular flexibility index (Phi) is 9.41. The summed E-state index contributed by atoms with van der Waals surface area (Å²) in [6, 6.07) is 12.7. The van der Waals surface area contributed by atoms with Crippen molar-refractivity contribution in [2.24, 2.45) is 0 Å². The molecule has 202 valence electrons. The molecular formula is C29H30F2O7. The number of esters is 2. The maximum absolute atomic E-state index is 14.4. The van der Waals surface area contributed by atoms with Crippen LogP contribution >= 0.6 is 0 Å². The highest BCUT2D eigenvalue weighted by Gasteiger charge is 2.32. The van der Waals surface area contributed by atoms with Crippen LogP contribution in [-0.4, -0.2) is 33.3 Å². The van der Waals surface area contributed by atoms with E-state index in [0.29, 0.717) is 23.5 Å².